The zero-order chi connectivity index (χ0) is 6.91. The maximum absolute atomic E-state index is 5.33. The Morgan fingerprint density at radius 2 is 2.22 bits per heavy atom. The second-order valence-electron chi connectivity index (χ2n) is 1.40. The van der Waals surface area contributed by atoms with Gasteiger partial charge in [-0.05, 0) is 22.2 Å². The number of nitrogens with two attached hydrogens (primary N) is 2. The number of nitrogens with zero attached hydrogens (tertiary/aromatic N) is 4. The van der Waals surface area contributed by atoms with Crippen molar-refractivity contribution in [2.45, 2.75) is 0 Å². The topological polar surface area (TPSA) is 95.6 Å². The SMILES string of the molecule is NP(N)(=S)n1cnnn1. The monoisotopic (exact) mass is 164 g/mol. The minimum Gasteiger partial charge on any atom is -0.274 e. The van der Waals surface area contributed by atoms with Crippen molar-refractivity contribution in [3.8, 4) is 0 Å². The summed E-state index contributed by atoms with van der Waals surface area (Å²) in [7, 11) is 0. The van der Waals surface area contributed by atoms with E-state index < -0.39 is 6.49 Å². The summed E-state index contributed by atoms with van der Waals surface area (Å²) in [6, 6.07) is 0. The summed E-state index contributed by atoms with van der Waals surface area (Å²) in [4.78, 5) is 0. The van der Waals surface area contributed by atoms with Crippen molar-refractivity contribution < 1.29 is 0 Å². The van der Waals surface area contributed by atoms with Crippen molar-refractivity contribution in [2.24, 2.45) is 11.0 Å². The highest BCUT2D eigenvalue weighted by Crippen LogP contribution is 2.24. The molecule has 1 rings (SSSR count). The van der Waals surface area contributed by atoms with E-state index in [1.165, 1.54) is 10.8 Å². The van der Waals surface area contributed by atoms with E-state index >= 15 is 0 Å². The van der Waals surface area contributed by atoms with Gasteiger partial charge in [0.05, 0.1) is 0 Å². The second-order valence-corrected chi connectivity index (χ2v) is 4.91. The third-order valence-electron chi connectivity index (χ3n) is 0.658. The van der Waals surface area contributed by atoms with Gasteiger partial charge in [-0.25, -0.2) is 0 Å². The van der Waals surface area contributed by atoms with Gasteiger partial charge in [-0.15, -0.1) is 5.10 Å². The summed E-state index contributed by atoms with van der Waals surface area (Å²) >= 11 is 4.69. The molecule has 1 aromatic rings. The summed E-state index contributed by atoms with van der Waals surface area (Å²) < 4.78 is 1.20. The highest BCUT2D eigenvalue weighted by atomic mass is 32.4. The predicted molar refractivity (Wildman–Crippen MR) is 35.9 cm³/mol. The highest BCUT2D eigenvalue weighted by molar-refractivity contribution is 8.11. The molecule has 4 N–H and O–H groups in total. The van der Waals surface area contributed by atoms with Gasteiger partial charge in [0, 0.05) is 0 Å². The average Bonchev–Trinajstić information content (AvgIpc) is 2.08. The summed E-state index contributed by atoms with van der Waals surface area (Å²) in [6.45, 7) is -2.46. The quantitative estimate of drug-likeness (QED) is 0.499. The van der Waals surface area contributed by atoms with E-state index in [9.17, 15) is 0 Å². The van der Waals surface area contributed by atoms with Crippen LogP contribution in [0.4, 0.5) is 0 Å². The molecule has 0 fully saturated rings. The van der Waals surface area contributed by atoms with Gasteiger partial charge in [-0.2, -0.15) is 4.45 Å². The Bertz CT molecular complexity index is 221. The predicted octanol–water partition coefficient (Wildman–Crippen LogP) is -1.34. The molecule has 1 aromatic heterocycles. The molecule has 0 unspecified atom stereocenters. The van der Waals surface area contributed by atoms with Gasteiger partial charge >= 0.3 is 0 Å². The Hall–Kier alpha value is -0.360. The van der Waals surface area contributed by atoms with E-state index in [2.05, 4.69) is 15.5 Å². The Balaban J connectivity index is 3.04. The van der Waals surface area contributed by atoms with Crippen molar-refractivity contribution >= 4 is 18.3 Å². The van der Waals surface area contributed by atoms with E-state index in [1.807, 2.05) is 0 Å². The molecule has 0 saturated heterocycles. The molecule has 0 atom stereocenters. The van der Waals surface area contributed by atoms with Crippen molar-refractivity contribution in [1.82, 2.24) is 20.0 Å². The van der Waals surface area contributed by atoms with Gasteiger partial charge in [0.2, 0.25) is 0 Å². The molecule has 0 aliphatic carbocycles. The second kappa shape index (κ2) is 2.11. The molecule has 50 valence electrons. The van der Waals surface area contributed by atoms with Crippen LogP contribution in [0.25, 0.3) is 0 Å². The lowest BCUT2D eigenvalue weighted by molar-refractivity contribution is 0.842. The van der Waals surface area contributed by atoms with Crippen LogP contribution in [0.1, 0.15) is 0 Å². The molecule has 0 bridgehead atoms. The van der Waals surface area contributed by atoms with Crippen LogP contribution in [0.15, 0.2) is 6.33 Å². The Morgan fingerprint density at radius 1 is 1.56 bits per heavy atom. The van der Waals surface area contributed by atoms with Gasteiger partial charge in [0.1, 0.15) is 6.33 Å². The largest absolute Gasteiger partial charge is 0.274 e. The molecule has 9 heavy (non-hydrogen) atoms. The van der Waals surface area contributed by atoms with E-state index in [4.69, 9.17) is 22.8 Å². The average molecular weight is 164 g/mol. The van der Waals surface area contributed by atoms with Crippen molar-refractivity contribution in [2.75, 3.05) is 0 Å². The Labute approximate surface area is 56.4 Å². The molecule has 0 radical (unpaired) electrons. The first kappa shape index (κ1) is 6.76. The number of hydrogen-bond donors (Lipinski definition) is 2. The molecule has 1 heterocycles. The molecule has 0 aliphatic heterocycles. The van der Waals surface area contributed by atoms with Gasteiger partial charge < -0.3 is 0 Å². The van der Waals surface area contributed by atoms with E-state index in [0.717, 1.165) is 0 Å². The molecule has 6 nitrogen and oxygen atoms in total. The zero-order valence-corrected chi connectivity index (χ0v) is 6.09. The van der Waals surface area contributed by atoms with Crippen LogP contribution < -0.4 is 11.0 Å². The number of hydrogen-bond acceptors (Lipinski definition) is 4. The standard InChI is InChI=1S/CH5N6PS/c2-8(3,9)7-1-4-5-6-7/h1H,(H4,2,3,9). The molecular weight excluding hydrogens is 159 g/mol. The normalized spacial score (nSPS) is 11.8. The van der Waals surface area contributed by atoms with Crippen molar-refractivity contribution in [1.29, 1.82) is 0 Å². The number of aromatic nitrogens is 4. The van der Waals surface area contributed by atoms with Crippen LogP contribution in [-0.2, 0) is 11.8 Å². The van der Waals surface area contributed by atoms with Crippen molar-refractivity contribution in [3.63, 3.8) is 0 Å². The van der Waals surface area contributed by atoms with Gasteiger partial charge in [0.15, 0.2) is 6.49 Å². The molecule has 0 spiro atoms. The smallest absolute Gasteiger partial charge is 0.182 e. The first-order valence-electron chi connectivity index (χ1n) is 2.02. The fraction of sp³-hybridized carbons (Fsp3) is 0. The fourth-order valence-corrected chi connectivity index (χ4v) is 0.893. The minimum atomic E-state index is -2.46. The molecular formula is CH5N6PS. The lowest BCUT2D eigenvalue weighted by Crippen LogP contribution is -2.13. The van der Waals surface area contributed by atoms with E-state index in [-0.39, 0.29) is 0 Å². The maximum Gasteiger partial charge on any atom is 0.182 e. The Kier molecular flexibility index (Phi) is 1.58. The van der Waals surface area contributed by atoms with Crippen LogP contribution in [0.5, 0.6) is 0 Å². The minimum absolute atomic E-state index is 1.20. The van der Waals surface area contributed by atoms with Gasteiger partial charge in [-0.3, -0.25) is 11.0 Å². The number of rotatable bonds is 1. The lowest BCUT2D eigenvalue weighted by Gasteiger charge is -2.05. The third kappa shape index (κ3) is 1.52. The van der Waals surface area contributed by atoms with E-state index in [1.54, 1.807) is 0 Å². The maximum atomic E-state index is 5.33. The van der Waals surface area contributed by atoms with Gasteiger partial charge in [0.25, 0.3) is 0 Å². The highest BCUT2D eigenvalue weighted by Gasteiger charge is 2.05. The van der Waals surface area contributed by atoms with Gasteiger partial charge in [-0.1, -0.05) is 0 Å². The van der Waals surface area contributed by atoms with Crippen LogP contribution in [-0.4, -0.2) is 20.0 Å². The molecule has 0 amide bonds. The molecule has 0 aromatic carbocycles. The van der Waals surface area contributed by atoms with Crippen LogP contribution in [0.2, 0.25) is 0 Å². The summed E-state index contributed by atoms with van der Waals surface area (Å²) in [6.07, 6.45) is 1.31. The molecule has 0 aliphatic rings. The third-order valence-corrected chi connectivity index (χ3v) is 1.98. The fourth-order valence-electron chi connectivity index (χ4n) is 0.300. The summed E-state index contributed by atoms with van der Waals surface area (Å²) in [5, 5.41) is 10.1. The van der Waals surface area contributed by atoms with Crippen LogP contribution in [0.3, 0.4) is 0 Å². The lowest BCUT2D eigenvalue weighted by atomic mass is 11.4. The number of tetrazole rings is 1. The van der Waals surface area contributed by atoms with Crippen LogP contribution >= 0.6 is 6.49 Å². The first-order chi connectivity index (χ1) is 4.11. The zero-order valence-electron chi connectivity index (χ0n) is 4.38. The first-order valence-corrected chi connectivity index (χ1v) is 4.91. The van der Waals surface area contributed by atoms with E-state index in [0.29, 0.717) is 0 Å². The van der Waals surface area contributed by atoms with Crippen LogP contribution in [0, 0.1) is 0 Å². The molecule has 8 heteroatoms. The van der Waals surface area contributed by atoms with Crippen molar-refractivity contribution in [3.05, 3.63) is 6.33 Å². The Morgan fingerprint density at radius 3 is 2.44 bits per heavy atom. The summed E-state index contributed by atoms with van der Waals surface area (Å²) in [5.74, 6) is 0. The molecule has 0 saturated carbocycles. The summed E-state index contributed by atoms with van der Waals surface area (Å²) in [5.41, 5.74) is 10.7.